The van der Waals surface area contributed by atoms with Crippen molar-refractivity contribution in [3.63, 3.8) is 0 Å². The number of hydrogen-bond donors (Lipinski definition) is 10. The average molecular weight is 2180 g/mol. The van der Waals surface area contributed by atoms with Crippen LogP contribution in [0.5, 0.6) is 23.5 Å². The van der Waals surface area contributed by atoms with E-state index in [2.05, 4.69) is 85.1 Å². The molecule has 57 nitrogen and oxygen atoms in total. The number of carboxylic acid groups (broad SMARTS) is 5. The molecule has 8 aromatic heterocycles. The molecule has 0 unspecified atom stereocenters. The molecule has 69 heteroatoms. The number of hydrogen-bond acceptors (Lipinski definition) is 46. The van der Waals surface area contributed by atoms with E-state index in [0.29, 0.717) is 13.5 Å². The first-order chi connectivity index (χ1) is 64.1. The molecular weight excluding hydrogens is 2120 g/mol. The summed E-state index contributed by atoms with van der Waals surface area (Å²) < 4.78 is 138. The molecule has 0 fully saturated rings. The van der Waals surface area contributed by atoms with Crippen LogP contribution in [0, 0.1) is 70.1 Å². The van der Waals surface area contributed by atoms with Gasteiger partial charge in [0.25, 0.3) is 56.3 Å². The van der Waals surface area contributed by atoms with Crippen LogP contribution < -0.4 is 212 Å². The number of rotatable bonds is 31. The third-order valence-electron chi connectivity index (χ3n) is 17.4. The molecule has 11 rings (SSSR count). The van der Waals surface area contributed by atoms with Gasteiger partial charge in [0.1, 0.15) is 51.3 Å². The van der Waals surface area contributed by atoms with Crippen molar-refractivity contribution in [1.29, 1.82) is 10.5 Å². The molecule has 0 bridgehead atoms. The Hall–Kier alpha value is -10.9. The number of carboxylic acids is 5. The summed E-state index contributed by atoms with van der Waals surface area (Å²) in [6.45, 7) is 26.7. The van der Waals surface area contributed by atoms with Crippen LogP contribution in [0.3, 0.4) is 0 Å². The first kappa shape index (κ1) is 122. The monoisotopic (exact) mass is 2170 g/mol. The Bertz CT molecular complexity index is 7920. The number of nitrogens with two attached hydrogens (primary N) is 1. The number of pyridine rings is 4. The van der Waals surface area contributed by atoms with Crippen molar-refractivity contribution < 1.29 is 310 Å². The standard InChI is InChI=1S/C22H12N8O8.C18H14N6O7S3.C16H19N7O6S.C16H13N5O10S4.3K.Na/c1-9-16(25-2)18(33)30(12-4-10(20(35)36)3-11(5-12)21(37)38)19(34)17(9)27-28-22-26-13(6-23)14(7-24)29(22)8-15(31)32;1-9-12(19-2)14(25)24(11-5-3-10(4-6-11)16(27)28)15(26)13(9)20-21-17-22-23-18(33-17)32-7-8-34(29,30)31;1-8-10(13(17)24)15(25)22(4)16(26)11(8)19-20-14-12(18-3)9(2)21-23(14)6-5-7-30(27,28)29;22-12-10(14(24)25)7-11(13(23)21(12)8-1-3-9(4-2-8)35(29,30)31)18-19-15-17-16(20-33-15)32-5-6-34(26,27)28;;;;/h3-5,33H,8H2,1H3,(H,31,32)(H,35,36)(H,37,38);3-6,25H,7-8H2,1H3,(H,27,28)(H,29,30,31);25H,5-7H2,1-2,4H3,(H2,17,24)(H,27,28,29);1-4,7,22H,5-6H2,(H,24,25)(H,26,27,28)(H,29,30,31);;;;/q;;;;4*+1/p-4. The fourth-order valence-electron chi connectivity index (χ4n) is 11.1. The van der Waals surface area contributed by atoms with Crippen LogP contribution in [0.4, 0.5) is 61.8 Å². The summed E-state index contributed by atoms with van der Waals surface area (Å²) in [5.41, 5.74) is -4.27. The summed E-state index contributed by atoms with van der Waals surface area (Å²) in [5, 5.41) is 148. The predicted octanol–water partition coefficient (Wildman–Crippen LogP) is -4.79. The zero-order valence-electron chi connectivity index (χ0n) is 73.1. The number of aryl methyl sites for hydroxylation is 2. The smallest absolute Gasteiger partial charge is 0.748 e. The van der Waals surface area contributed by atoms with Gasteiger partial charge in [0.2, 0.25) is 33.8 Å². The number of carbonyl (C=O) groups is 6. The number of imidazole rings is 1. The summed E-state index contributed by atoms with van der Waals surface area (Å²) in [6.07, 6.45) is -0.0707. The molecule has 710 valence electrons. The van der Waals surface area contributed by atoms with Crippen LogP contribution in [0.2, 0.25) is 0 Å². The van der Waals surface area contributed by atoms with Gasteiger partial charge >= 0.3 is 214 Å². The van der Waals surface area contributed by atoms with Crippen LogP contribution >= 0.6 is 46.4 Å². The van der Waals surface area contributed by atoms with Crippen molar-refractivity contribution in [1.82, 2.24) is 57.2 Å². The fraction of sp³-hybridized carbons (Fsp3) is 0.181. The minimum Gasteiger partial charge on any atom is -0.748 e. The Morgan fingerprint density at radius 3 is 1.50 bits per heavy atom. The second kappa shape index (κ2) is 52.9. The van der Waals surface area contributed by atoms with Crippen LogP contribution in [0.1, 0.15) is 92.0 Å². The molecular formula is C72H54K3N26NaO31S8. The number of nitriles is 2. The predicted molar refractivity (Wildman–Crippen MR) is 464 cm³/mol. The second-order valence-electron chi connectivity index (χ2n) is 26.3. The van der Waals surface area contributed by atoms with E-state index >= 15 is 0 Å². The zero-order valence-corrected chi connectivity index (χ0v) is 91.0. The first-order valence-corrected chi connectivity index (χ1v) is 46.0. The Kier molecular flexibility index (Phi) is 45.9. The fourth-order valence-corrected chi connectivity index (χ4v) is 16.9. The topological polar surface area (TPSA) is 874 Å². The molecule has 141 heavy (non-hydrogen) atoms. The molecule has 0 aliphatic rings. The van der Waals surface area contributed by atoms with E-state index < -0.39 is 207 Å². The maximum atomic E-state index is 13.3. The molecule has 0 atom stereocenters. The molecule has 8 heterocycles. The number of aromatic hydroxyl groups is 4. The van der Waals surface area contributed by atoms with Gasteiger partial charge in [-0.3, -0.25) is 51.7 Å². The SMILES string of the molecule is O=C(O)c1cc(N=Nc2nc(SCCS(=O)(=O)[O-])ns2)c(=O)n(-c2ccc(S(=O)(=O)[O-])cc2)c1O.[C-]#[N+]c1c(C)c(N=Nc2nc(C#N)c(C#N)n2CC(=O)O)c(=O)n(-c2cc(C(=O)O)cc(C(=O)O)c2)c1O.[C-]#[N+]c1c(C)c(N=Nc2nnc(SCCS(=O)(=O)[O-])s2)c(=O)n(-c2ccc(C(=O)O)cc2)c1O.[C-]#[N+]c1c(C)nn(CCCS(=O)(=O)[O-])c1N=Nc1c(C)c(C(N)=O)c(O)n(C)c1=O.[K+].[K+].[K+].[Na+]. The van der Waals surface area contributed by atoms with Gasteiger partial charge in [-0.1, -0.05) is 34.9 Å². The van der Waals surface area contributed by atoms with Crippen molar-refractivity contribution >= 4 is 184 Å². The van der Waals surface area contributed by atoms with Gasteiger partial charge in [0.05, 0.1) is 94.4 Å². The maximum Gasteiger partial charge on any atom is 1.00 e. The number of nitrogens with zero attached hydrogens (tertiary/aromatic N) is 25. The Morgan fingerprint density at radius 2 is 1.03 bits per heavy atom. The van der Waals surface area contributed by atoms with E-state index in [1.165, 1.54) is 63.7 Å². The summed E-state index contributed by atoms with van der Waals surface area (Å²) >= 11 is 3.52. The van der Waals surface area contributed by atoms with E-state index in [-0.39, 0.29) is 297 Å². The van der Waals surface area contributed by atoms with Gasteiger partial charge in [0, 0.05) is 59.5 Å². The first-order valence-electron chi connectivity index (χ1n) is 36.3. The molecule has 0 spiro atoms. The van der Waals surface area contributed by atoms with Crippen molar-refractivity contribution in [2.75, 3.05) is 28.8 Å². The zero-order chi connectivity index (χ0) is 102. The normalized spacial score (nSPS) is 11.1. The van der Waals surface area contributed by atoms with E-state index in [0.717, 1.165) is 109 Å². The molecule has 0 aliphatic heterocycles. The third kappa shape index (κ3) is 31.8. The minimum atomic E-state index is -4.79. The Labute approximate surface area is 955 Å². The number of amides is 1. The van der Waals surface area contributed by atoms with Gasteiger partial charge in [-0.2, -0.15) is 30.0 Å². The summed E-state index contributed by atoms with van der Waals surface area (Å²) in [5.74, 6) is -14.0. The van der Waals surface area contributed by atoms with E-state index in [9.17, 15) is 146 Å². The molecule has 3 aromatic carbocycles. The van der Waals surface area contributed by atoms with Crippen molar-refractivity contribution in [2.45, 2.75) is 61.6 Å². The number of primary amides is 1. The van der Waals surface area contributed by atoms with Gasteiger partial charge in [-0.25, -0.2) is 72.0 Å². The number of benzene rings is 3. The Morgan fingerprint density at radius 1 is 0.546 bits per heavy atom. The van der Waals surface area contributed by atoms with Gasteiger partial charge in [-0.15, -0.1) is 51.1 Å². The third-order valence-corrected chi connectivity index (χ3v) is 24.5. The molecule has 11 aromatic rings. The number of carbonyl (C=O) groups excluding carboxylic acids is 1. The van der Waals surface area contributed by atoms with Crippen LogP contribution in [-0.2, 0) is 65.4 Å². The average Bonchev–Trinajstić information content (AvgIpc) is 1.64. The summed E-state index contributed by atoms with van der Waals surface area (Å²) in [7, 11) is -16.8. The second-order valence-corrected chi connectivity index (χ2v) is 36.4. The van der Waals surface area contributed by atoms with Crippen LogP contribution in [0.25, 0.3) is 31.6 Å². The number of aliphatic carboxylic acids is 1. The van der Waals surface area contributed by atoms with Crippen molar-refractivity contribution in [3.8, 4) is 52.7 Å². The van der Waals surface area contributed by atoms with Crippen molar-refractivity contribution in [2.24, 2.45) is 53.7 Å². The molecule has 0 saturated heterocycles. The minimum absolute atomic E-state index is 0. The molecule has 0 radical (unpaired) electrons. The number of aromatic carboxylic acids is 4. The molecule has 11 N–H and O–H groups in total. The molecule has 0 saturated carbocycles. The largest absolute Gasteiger partial charge is 1.00 e. The van der Waals surface area contributed by atoms with Crippen LogP contribution in [-0.4, -0.2) is 220 Å². The van der Waals surface area contributed by atoms with E-state index in [1.54, 1.807) is 12.1 Å². The maximum absolute atomic E-state index is 13.3. The van der Waals surface area contributed by atoms with E-state index in [1.807, 2.05) is 0 Å². The molecule has 0 aliphatic carbocycles. The van der Waals surface area contributed by atoms with E-state index in [4.69, 9.17) is 35.7 Å². The number of azo groups is 4. The van der Waals surface area contributed by atoms with Gasteiger partial charge in [-0.05, 0) is 118 Å². The quantitative estimate of drug-likeness (QED) is 0.00641. The van der Waals surface area contributed by atoms with Gasteiger partial charge in [0.15, 0.2) is 32.9 Å². The number of aromatic nitrogens is 12. The summed E-state index contributed by atoms with van der Waals surface area (Å²) in [4.78, 5) is 137. The van der Waals surface area contributed by atoms with Crippen molar-refractivity contribution in [3.05, 3.63) is 210 Å². The number of thioether (sulfide) groups is 2. The van der Waals surface area contributed by atoms with Crippen LogP contribution in [0.15, 0.2) is 147 Å². The molecule has 1 amide bonds. The van der Waals surface area contributed by atoms with Gasteiger partial charge < -0.3 is 69.9 Å². The Balaban J connectivity index is 0.000000390. The summed E-state index contributed by atoms with van der Waals surface area (Å²) in [6, 6.07) is 15.4.